The molecule has 1 heterocycles. The van der Waals surface area contributed by atoms with Crippen molar-refractivity contribution in [2.24, 2.45) is 0 Å². The Morgan fingerprint density at radius 1 is 1.09 bits per heavy atom. The highest BCUT2D eigenvalue weighted by atomic mass is 19.4. The van der Waals surface area contributed by atoms with E-state index in [0.717, 1.165) is 12.1 Å². The summed E-state index contributed by atoms with van der Waals surface area (Å²) in [5, 5.41) is 0. The lowest BCUT2D eigenvalue weighted by Gasteiger charge is -2.32. The number of rotatable bonds is 1. The van der Waals surface area contributed by atoms with Gasteiger partial charge in [0.15, 0.2) is 11.6 Å². The predicted octanol–water partition coefficient (Wildman–Crippen LogP) is 3.58. The molecule has 1 aliphatic carbocycles. The van der Waals surface area contributed by atoms with E-state index in [1.54, 1.807) is 6.08 Å². The molecule has 3 rings (SSSR count). The van der Waals surface area contributed by atoms with Crippen molar-refractivity contribution in [2.45, 2.75) is 31.2 Å². The molecule has 1 saturated carbocycles. The molecule has 0 atom stereocenters. The van der Waals surface area contributed by atoms with E-state index in [-0.39, 0.29) is 5.78 Å². The number of hydrogen-bond donors (Lipinski definition) is 0. The van der Waals surface area contributed by atoms with Crippen LogP contribution in [0.4, 0.5) is 13.2 Å². The van der Waals surface area contributed by atoms with Crippen LogP contribution in [0.25, 0.3) is 6.08 Å². The molecule has 3 nitrogen and oxygen atoms in total. The number of benzene rings is 1. The second-order valence-corrected chi connectivity index (χ2v) is 5.50. The smallest absolute Gasteiger partial charge is 0.347 e. The Hall–Kier alpha value is -1.66. The second-order valence-electron chi connectivity index (χ2n) is 5.50. The summed E-state index contributed by atoms with van der Waals surface area (Å²) in [7, 11) is 0. The van der Waals surface area contributed by atoms with Gasteiger partial charge in [-0.15, -0.1) is 0 Å². The molecule has 0 N–H and O–H groups in total. The highest BCUT2D eigenvalue weighted by Gasteiger charge is 2.42. The monoisotopic (exact) mass is 312 g/mol. The van der Waals surface area contributed by atoms with Crippen LogP contribution in [0.1, 0.15) is 30.4 Å². The van der Waals surface area contributed by atoms with Gasteiger partial charge in [0.1, 0.15) is 0 Å². The minimum Gasteiger partial charge on any atom is -0.347 e. The Balaban J connectivity index is 1.82. The first kappa shape index (κ1) is 15.2. The van der Waals surface area contributed by atoms with Gasteiger partial charge in [0.2, 0.25) is 0 Å². The predicted molar refractivity (Wildman–Crippen MR) is 72.9 cm³/mol. The van der Waals surface area contributed by atoms with Gasteiger partial charge < -0.3 is 9.47 Å². The zero-order valence-electron chi connectivity index (χ0n) is 11.8. The van der Waals surface area contributed by atoms with Gasteiger partial charge >= 0.3 is 6.18 Å². The largest absolute Gasteiger partial charge is 0.416 e. The first-order valence-corrected chi connectivity index (χ1v) is 7.07. The standard InChI is InChI=1S/C16H15F3O3/c17-16(18,19)13-3-1-11(2-4-13)9-12-10-15(6-5-14(12)20)21-7-8-22-15/h1-4,9H,5-8,10H2/b12-9+. The van der Waals surface area contributed by atoms with Gasteiger partial charge in [0.05, 0.1) is 18.8 Å². The zero-order chi connectivity index (χ0) is 15.8. The number of ketones is 1. The van der Waals surface area contributed by atoms with Crippen molar-refractivity contribution in [1.82, 2.24) is 0 Å². The second kappa shape index (κ2) is 5.52. The number of ether oxygens (including phenoxy) is 2. The minimum atomic E-state index is -4.36. The molecule has 22 heavy (non-hydrogen) atoms. The number of alkyl halides is 3. The maximum atomic E-state index is 12.5. The molecule has 0 amide bonds. The lowest BCUT2D eigenvalue weighted by molar-refractivity contribution is -0.170. The van der Waals surface area contributed by atoms with Gasteiger partial charge in [0, 0.05) is 24.8 Å². The van der Waals surface area contributed by atoms with Crippen molar-refractivity contribution >= 4 is 11.9 Å². The topological polar surface area (TPSA) is 35.5 Å². The molecule has 1 saturated heterocycles. The van der Waals surface area contributed by atoms with Gasteiger partial charge in [-0.05, 0) is 23.8 Å². The SMILES string of the molecule is O=C1CCC2(C/C1=C\c1ccc(C(F)(F)F)cc1)OCCO2. The van der Waals surface area contributed by atoms with Crippen molar-refractivity contribution in [1.29, 1.82) is 0 Å². The highest BCUT2D eigenvalue weighted by Crippen LogP contribution is 2.37. The average molecular weight is 312 g/mol. The fourth-order valence-electron chi connectivity index (χ4n) is 2.79. The zero-order valence-corrected chi connectivity index (χ0v) is 11.8. The van der Waals surface area contributed by atoms with Crippen LogP contribution in [0.15, 0.2) is 29.8 Å². The molecule has 1 aromatic rings. The van der Waals surface area contributed by atoms with Crippen LogP contribution < -0.4 is 0 Å². The van der Waals surface area contributed by atoms with Crippen LogP contribution in [0.5, 0.6) is 0 Å². The third-order valence-corrected chi connectivity index (χ3v) is 3.94. The molecular weight excluding hydrogens is 297 g/mol. The van der Waals surface area contributed by atoms with Gasteiger partial charge in [-0.3, -0.25) is 4.79 Å². The van der Waals surface area contributed by atoms with Crippen LogP contribution in [0.3, 0.4) is 0 Å². The third-order valence-electron chi connectivity index (χ3n) is 3.94. The van der Waals surface area contributed by atoms with Gasteiger partial charge in [-0.2, -0.15) is 13.2 Å². The van der Waals surface area contributed by atoms with E-state index >= 15 is 0 Å². The summed E-state index contributed by atoms with van der Waals surface area (Å²) in [6, 6.07) is 4.75. The number of Topliss-reactive ketones (excluding diaryl/α,β-unsaturated/α-hetero) is 1. The van der Waals surface area contributed by atoms with E-state index in [1.165, 1.54) is 12.1 Å². The van der Waals surface area contributed by atoms with Crippen LogP contribution in [-0.4, -0.2) is 24.8 Å². The fourth-order valence-corrected chi connectivity index (χ4v) is 2.79. The minimum absolute atomic E-state index is 0.00961. The summed E-state index contributed by atoms with van der Waals surface area (Å²) in [5.74, 6) is -0.740. The van der Waals surface area contributed by atoms with Crippen LogP contribution >= 0.6 is 0 Å². The Labute approximate surface area is 125 Å². The van der Waals surface area contributed by atoms with Crippen molar-refractivity contribution in [3.8, 4) is 0 Å². The molecule has 0 bridgehead atoms. The molecule has 118 valence electrons. The number of halogens is 3. The summed E-state index contributed by atoms with van der Waals surface area (Å²) in [4.78, 5) is 12.0. The Kier molecular flexibility index (Phi) is 3.82. The maximum absolute atomic E-state index is 12.5. The maximum Gasteiger partial charge on any atom is 0.416 e. The van der Waals surface area contributed by atoms with E-state index in [9.17, 15) is 18.0 Å². The fraction of sp³-hybridized carbons (Fsp3) is 0.438. The van der Waals surface area contributed by atoms with Gasteiger partial charge in [-0.1, -0.05) is 12.1 Å². The molecule has 1 aliphatic heterocycles. The first-order chi connectivity index (χ1) is 10.4. The summed E-state index contributed by atoms with van der Waals surface area (Å²) in [6.45, 7) is 1.00. The number of carbonyl (C=O) groups excluding carboxylic acids is 1. The van der Waals surface area contributed by atoms with Gasteiger partial charge in [-0.25, -0.2) is 0 Å². The van der Waals surface area contributed by atoms with Crippen molar-refractivity contribution in [3.63, 3.8) is 0 Å². The van der Waals surface area contributed by atoms with Crippen molar-refractivity contribution in [3.05, 3.63) is 41.0 Å². The summed E-state index contributed by atoms with van der Waals surface area (Å²) in [6.07, 6.45) is -1.55. The van der Waals surface area contributed by atoms with Crippen LogP contribution in [-0.2, 0) is 20.4 Å². The molecule has 2 aliphatic rings. The summed E-state index contributed by atoms with van der Waals surface area (Å²) >= 11 is 0. The van der Waals surface area contributed by atoms with Crippen LogP contribution in [0, 0.1) is 0 Å². The number of hydrogen-bond acceptors (Lipinski definition) is 3. The summed E-state index contributed by atoms with van der Waals surface area (Å²) < 4.78 is 48.8. The third kappa shape index (κ3) is 3.08. The number of carbonyl (C=O) groups is 1. The molecular formula is C16H15F3O3. The molecule has 1 aromatic carbocycles. The van der Waals surface area contributed by atoms with Gasteiger partial charge in [0.25, 0.3) is 0 Å². The molecule has 0 aromatic heterocycles. The van der Waals surface area contributed by atoms with E-state index < -0.39 is 17.5 Å². The van der Waals surface area contributed by atoms with Crippen LogP contribution in [0.2, 0.25) is 0 Å². The van der Waals surface area contributed by atoms with E-state index in [4.69, 9.17) is 9.47 Å². The Morgan fingerprint density at radius 2 is 1.73 bits per heavy atom. The summed E-state index contributed by atoms with van der Waals surface area (Å²) in [5.41, 5.74) is 0.392. The molecule has 2 fully saturated rings. The van der Waals surface area contributed by atoms with E-state index in [1.807, 2.05) is 0 Å². The average Bonchev–Trinajstić information content (AvgIpc) is 2.91. The van der Waals surface area contributed by atoms with Crippen molar-refractivity contribution in [2.75, 3.05) is 13.2 Å². The lowest BCUT2D eigenvalue weighted by atomic mass is 9.87. The van der Waals surface area contributed by atoms with E-state index in [0.29, 0.717) is 43.6 Å². The van der Waals surface area contributed by atoms with Crippen molar-refractivity contribution < 1.29 is 27.4 Å². The normalized spacial score (nSPS) is 23.4. The first-order valence-electron chi connectivity index (χ1n) is 7.07. The molecule has 0 unspecified atom stereocenters. The molecule has 1 spiro atoms. The Bertz CT molecular complexity index is 596. The quantitative estimate of drug-likeness (QED) is 0.744. The van der Waals surface area contributed by atoms with E-state index in [2.05, 4.69) is 0 Å². The Morgan fingerprint density at radius 3 is 2.32 bits per heavy atom. The molecule has 0 radical (unpaired) electrons. The highest BCUT2D eigenvalue weighted by molar-refractivity contribution is 6.00. The lowest BCUT2D eigenvalue weighted by Crippen LogP contribution is -2.36. The molecule has 6 heteroatoms.